The van der Waals surface area contributed by atoms with E-state index in [4.69, 9.17) is 0 Å². The smallest absolute Gasteiger partial charge is 0.123 e. The Kier molecular flexibility index (Phi) is 4.34. The van der Waals surface area contributed by atoms with Crippen LogP contribution in [0.4, 0.5) is 4.39 Å². The summed E-state index contributed by atoms with van der Waals surface area (Å²) in [6.45, 7) is 1.97. The average molecular weight is 287 g/mol. The molecule has 0 bridgehead atoms. The molecule has 0 radical (unpaired) electrons. The van der Waals surface area contributed by atoms with E-state index in [1.807, 2.05) is 30.1 Å². The fourth-order valence-electron chi connectivity index (χ4n) is 3.17. The first kappa shape index (κ1) is 14.3. The third-order valence-electron chi connectivity index (χ3n) is 4.27. The van der Waals surface area contributed by atoms with Crippen molar-refractivity contribution in [2.75, 3.05) is 6.54 Å². The molecule has 0 aliphatic carbocycles. The Balaban J connectivity index is 1.80. The SMILES string of the molecule is Cn1cc([C@H]2CCCCCN2Cc2ccc(F)cc2)cn1. The number of likely N-dealkylation sites (tertiary alicyclic amines) is 1. The van der Waals surface area contributed by atoms with Crippen LogP contribution >= 0.6 is 0 Å². The maximum absolute atomic E-state index is 13.0. The van der Waals surface area contributed by atoms with Crippen LogP contribution in [0.5, 0.6) is 0 Å². The lowest BCUT2D eigenvalue weighted by atomic mass is 10.0. The van der Waals surface area contributed by atoms with E-state index in [1.165, 1.54) is 36.8 Å². The van der Waals surface area contributed by atoms with Gasteiger partial charge in [0.05, 0.1) is 6.20 Å². The van der Waals surface area contributed by atoms with Crippen molar-refractivity contribution in [2.45, 2.75) is 38.3 Å². The Hall–Kier alpha value is -1.68. The number of rotatable bonds is 3. The third-order valence-corrected chi connectivity index (χ3v) is 4.27. The third kappa shape index (κ3) is 3.50. The van der Waals surface area contributed by atoms with Gasteiger partial charge in [0.2, 0.25) is 0 Å². The molecule has 0 unspecified atom stereocenters. The molecule has 1 aliphatic heterocycles. The molecule has 1 aromatic carbocycles. The first-order valence-electron chi connectivity index (χ1n) is 7.69. The lowest BCUT2D eigenvalue weighted by molar-refractivity contribution is 0.192. The first-order chi connectivity index (χ1) is 10.2. The normalized spacial score (nSPS) is 20.4. The fourth-order valence-corrected chi connectivity index (χ4v) is 3.17. The average Bonchev–Trinajstić information content (AvgIpc) is 2.77. The minimum absolute atomic E-state index is 0.168. The molecule has 3 rings (SSSR count). The van der Waals surface area contributed by atoms with E-state index in [0.29, 0.717) is 6.04 Å². The van der Waals surface area contributed by atoms with Gasteiger partial charge >= 0.3 is 0 Å². The second-order valence-corrected chi connectivity index (χ2v) is 5.91. The van der Waals surface area contributed by atoms with Crippen molar-refractivity contribution in [2.24, 2.45) is 7.05 Å². The number of hydrogen-bond donors (Lipinski definition) is 0. The lowest BCUT2D eigenvalue weighted by Gasteiger charge is -2.29. The molecule has 112 valence electrons. The van der Waals surface area contributed by atoms with E-state index in [2.05, 4.69) is 16.2 Å². The number of aryl methyl sites for hydroxylation is 1. The predicted molar refractivity (Wildman–Crippen MR) is 81.2 cm³/mol. The summed E-state index contributed by atoms with van der Waals surface area (Å²) in [5.74, 6) is -0.168. The van der Waals surface area contributed by atoms with Gasteiger partial charge < -0.3 is 0 Å². The summed E-state index contributed by atoms with van der Waals surface area (Å²) >= 11 is 0. The van der Waals surface area contributed by atoms with Crippen LogP contribution in [0, 0.1) is 5.82 Å². The second kappa shape index (κ2) is 6.39. The number of benzene rings is 1. The Labute approximate surface area is 125 Å². The van der Waals surface area contributed by atoms with Gasteiger partial charge in [0.1, 0.15) is 5.82 Å². The van der Waals surface area contributed by atoms with Crippen molar-refractivity contribution in [1.82, 2.24) is 14.7 Å². The number of nitrogens with zero attached hydrogens (tertiary/aromatic N) is 3. The largest absolute Gasteiger partial charge is 0.292 e. The Morgan fingerprint density at radius 3 is 2.71 bits per heavy atom. The minimum atomic E-state index is -0.168. The molecule has 0 N–H and O–H groups in total. The van der Waals surface area contributed by atoms with Crippen LogP contribution < -0.4 is 0 Å². The summed E-state index contributed by atoms with van der Waals surface area (Å²) in [6.07, 6.45) is 9.06. The topological polar surface area (TPSA) is 21.1 Å². The molecule has 1 saturated heterocycles. The summed E-state index contributed by atoms with van der Waals surface area (Å²) in [4.78, 5) is 2.51. The number of hydrogen-bond acceptors (Lipinski definition) is 2. The van der Waals surface area contributed by atoms with Crippen LogP contribution in [-0.4, -0.2) is 21.2 Å². The lowest BCUT2D eigenvalue weighted by Crippen LogP contribution is -2.28. The standard InChI is InChI=1S/C17H22FN3/c1-20-13-15(11-19-20)17-5-3-2-4-10-21(17)12-14-6-8-16(18)9-7-14/h6-9,11,13,17H,2-5,10,12H2,1H3/t17-/m1/s1. The molecule has 2 heterocycles. The van der Waals surface area contributed by atoms with Crippen LogP contribution in [0.15, 0.2) is 36.7 Å². The van der Waals surface area contributed by atoms with Gasteiger partial charge in [-0.05, 0) is 37.1 Å². The van der Waals surface area contributed by atoms with Crippen molar-refractivity contribution in [3.8, 4) is 0 Å². The molecule has 1 aromatic heterocycles. The van der Waals surface area contributed by atoms with Gasteiger partial charge in [-0.25, -0.2) is 4.39 Å². The number of halogens is 1. The Bertz CT molecular complexity index is 576. The van der Waals surface area contributed by atoms with Crippen LogP contribution in [0.1, 0.15) is 42.9 Å². The minimum Gasteiger partial charge on any atom is -0.292 e. The Morgan fingerprint density at radius 2 is 2.00 bits per heavy atom. The fraction of sp³-hybridized carbons (Fsp3) is 0.471. The van der Waals surface area contributed by atoms with Gasteiger partial charge in [0.15, 0.2) is 0 Å². The van der Waals surface area contributed by atoms with E-state index in [0.717, 1.165) is 13.1 Å². The predicted octanol–water partition coefficient (Wildman–Crippen LogP) is 3.68. The van der Waals surface area contributed by atoms with Crippen molar-refractivity contribution >= 4 is 0 Å². The molecule has 2 aromatic rings. The summed E-state index contributed by atoms with van der Waals surface area (Å²) in [7, 11) is 1.96. The summed E-state index contributed by atoms with van der Waals surface area (Å²) < 4.78 is 14.9. The van der Waals surface area contributed by atoms with Crippen molar-refractivity contribution in [1.29, 1.82) is 0 Å². The maximum Gasteiger partial charge on any atom is 0.123 e. The molecule has 0 saturated carbocycles. The zero-order valence-corrected chi connectivity index (χ0v) is 12.5. The van der Waals surface area contributed by atoms with E-state index >= 15 is 0 Å². The van der Waals surface area contributed by atoms with Crippen LogP contribution in [0.2, 0.25) is 0 Å². The zero-order chi connectivity index (χ0) is 14.7. The highest BCUT2D eigenvalue weighted by Gasteiger charge is 2.23. The Morgan fingerprint density at radius 1 is 1.19 bits per heavy atom. The van der Waals surface area contributed by atoms with Gasteiger partial charge in [-0.2, -0.15) is 5.10 Å². The van der Waals surface area contributed by atoms with E-state index in [-0.39, 0.29) is 5.82 Å². The molecular weight excluding hydrogens is 265 g/mol. The summed E-state index contributed by atoms with van der Waals surface area (Å²) in [6, 6.07) is 7.30. The van der Waals surface area contributed by atoms with Gasteiger partial charge in [0, 0.05) is 31.4 Å². The van der Waals surface area contributed by atoms with Gasteiger partial charge in [0.25, 0.3) is 0 Å². The zero-order valence-electron chi connectivity index (χ0n) is 12.5. The van der Waals surface area contributed by atoms with Gasteiger partial charge in [-0.3, -0.25) is 9.58 Å². The molecule has 21 heavy (non-hydrogen) atoms. The molecule has 4 heteroatoms. The van der Waals surface area contributed by atoms with E-state index in [1.54, 1.807) is 12.1 Å². The monoisotopic (exact) mass is 287 g/mol. The highest BCUT2D eigenvalue weighted by atomic mass is 19.1. The van der Waals surface area contributed by atoms with Crippen LogP contribution in [0.3, 0.4) is 0 Å². The van der Waals surface area contributed by atoms with Crippen LogP contribution in [0.25, 0.3) is 0 Å². The summed E-state index contributed by atoms with van der Waals surface area (Å²) in [5.41, 5.74) is 2.47. The highest BCUT2D eigenvalue weighted by Crippen LogP contribution is 2.31. The van der Waals surface area contributed by atoms with E-state index in [9.17, 15) is 4.39 Å². The summed E-state index contributed by atoms with van der Waals surface area (Å²) in [5, 5.41) is 4.32. The quantitative estimate of drug-likeness (QED) is 0.858. The van der Waals surface area contributed by atoms with Crippen LogP contribution in [-0.2, 0) is 13.6 Å². The molecule has 1 atom stereocenters. The second-order valence-electron chi connectivity index (χ2n) is 5.91. The molecule has 0 spiro atoms. The maximum atomic E-state index is 13.0. The van der Waals surface area contributed by atoms with Crippen molar-refractivity contribution < 1.29 is 4.39 Å². The van der Waals surface area contributed by atoms with E-state index < -0.39 is 0 Å². The molecule has 1 fully saturated rings. The molecule has 3 nitrogen and oxygen atoms in total. The van der Waals surface area contributed by atoms with Gasteiger partial charge in [-0.1, -0.05) is 25.0 Å². The van der Waals surface area contributed by atoms with Crippen molar-refractivity contribution in [3.63, 3.8) is 0 Å². The molecule has 1 aliphatic rings. The molecular formula is C17H22FN3. The number of aromatic nitrogens is 2. The highest BCUT2D eigenvalue weighted by molar-refractivity contribution is 5.17. The van der Waals surface area contributed by atoms with Gasteiger partial charge in [-0.15, -0.1) is 0 Å². The van der Waals surface area contributed by atoms with Crippen molar-refractivity contribution in [3.05, 3.63) is 53.6 Å². The first-order valence-corrected chi connectivity index (χ1v) is 7.69. The molecule has 0 amide bonds.